The van der Waals surface area contributed by atoms with E-state index in [0.717, 1.165) is 22.3 Å². The molecule has 2 heterocycles. The summed E-state index contributed by atoms with van der Waals surface area (Å²) in [5.74, 6) is -0.275. The monoisotopic (exact) mass is 707 g/mol. The predicted molar refractivity (Wildman–Crippen MR) is 185 cm³/mol. The maximum absolute atomic E-state index is 14.5. The van der Waals surface area contributed by atoms with Gasteiger partial charge >= 0.3 is 12.2 Å². The van der Waals surface area contributed by atoms with Crippen molar-refractivity contribution in [3.05, 3.63) is 76.9 Å². The van der Waals surface area contributed by atoms with Crippen LogP contribution in [0.15, 0.2) is 60.2 Å². The van der Waals surface area contributed by atoms with Gasteiger partial charge in [0.05, 0.1) is 12.1 Å². The number of piperazine rings is 1. The topological polar surface area (TPSA) is 99.6 Å². The summed E-state index contributed by atoms with van der Waals surface area (Å²) in [7, 11) is 1.73. The van der Waals surface area contributed by atoms with Crippen LogP contribution in [0, 0.1) is 0 Å². The summed E-state index contributed by atoms with van der Waals surface area (Å²) in [4.78, 5) is 46.6. The van der Waals surface area contributed by atoms with Crippen LogP contribution in [0.1, 0.15) is 57.7 Å². The van der Waals surface area contributed by atoms with Crippen molar-refractivity contribution in [1.29, 1.82) is 0 Å². The van der Waals surface area contributed by atoms with Gasteiger partial charge in [-0.1, -0.05) is 89.4 Å². The van der Waals surface area contributed by atoms with E-state index in [1.165, 1.54) is 18.7 Å². The quantitative estimate of drug-likeness (QED) is 0.308. The first-order chi connectivity index (χ1) is 21.9. The van der Waals surface area contributed by atoms with E-state index in [0.29, 0.717) is 25.0 Å². The number of aliphatic hydroxyl groups is 1. The highest BCUT2D eigenvalue weighted by molar-refractivity contribution is 6.68. The number of hydrogen-bond donors (Lipinski definition) is 1. The van der Waals surface area contributed by atoms with Gasteiger partial charge in [0.1, 0.15) is 5.60 Å². The van der Waals surface area contributed by atoms with Gasteiger partial charge in [0.2, 0.25) is 3.79 Å². The molecule has 2 unspecified atom stereocenters. The third kappa shape index (κ3) is 8.93. The van der Waals surface area contributed by atoms with E-state index in [1.54, 1.807) is 37.6 Å². The Labute approximate surface area is 292 Å². The smallest absolute Gasteiger partial charge is 0.411 e. The number of amides is 3. The summed E-state index contributed by atoms with van der Waals surface area (Å²) in [6.45, 7) is 8.94. The molecule has 256 valence electrons. The molecule has 3 amide bonds. The van der Waals surface area contributed by atoms with Crippen LogP contribution in [-0.4, -0.2) is 98.3 Å². The first-order valence-electron chi connectivity index (χ1n) is 15.7. The van der Waals surface area contributed by atoms with Crippen molar-refractivity contribution >= 4 is 58.5 Å². The summed E-state index contributed by atoms with van der Waals surface area (Å²) in [6, 6.07) is 16.1. The van der Waals surface area contributed by atoms with E-state index < -0.39 is 39.3 Å². The highest BCUT2D eigenvalue weighted by Crippen LogP contribution is 2.43. The van der Waals surface area contributed by atoms with Crippen molar-refractivity contribution in [3.8, 4) is 0 Å². The van der Waals surface area contributed by atoms with E-state index in [2.05, 4.69) is 0 Å². The van der Waals surface area contributed by atoms with E-state index in [4.69, 9.17) is 44.3 Å². The van der Waals surface area contributed by atoms with Gasteiger partial charge in [-0.05, 0) is 76.1 Å². The molecule has 2 atom stereocenters. The van der Waals surface area contributed by atoms with E-state index >= 15 is 0 Å². The number of hydrogen-bond acceptors (Lipinski definition) is 6. The fourth-order valence-electron chi connectivity index (χ4n) is 5.78. The molecule has 0 spiro atoms. The number of halogens is 3. The van der Waals surface area contributed by atoms with E-state index in [1.807, 2.05) is 54.6 Å². The molecule has 0 aliphatic carbocycles. The van der Waals surface area contributed by atoms with Crippen molar-refractivity contribution in [1.82, 2.24) is 14.7 Å². The Hall–Kier alpha value is -2.98. The van der Waals surface area contributed by atoms with Gasteiger partial charge in [-0.25, -0.2) is 9.59 Å². The molecule has 47 heavy (non-hydrogen) atoms. The summed E-state index contributed by atoms with van der Waals surface area (Å²) in [5, 5.41) is 9.43. The van der Waals surface area contributed by atoms with Crippen LogP contribution in [0.5, 0.6) is 0 Å². The largest absolute Gasteiger partial charge is 0.444 e. The molecule has 1 saturated heterocycles. The number of likely N-dealkylation sites (N-methyl/N-ethyl adjacent to an activating group) is 1. The summed E-state index contributed by atoms with van der Waals surface area (Å²) in [6.07, 6.45) is 0.0915. The number of alkyl halides is 3. The number of rotatable bonds is 8. The number of benzene rings is 2. The van der Waals surface area contributed by atoms with Gasteiger partial charge < -0.3 is 24.4 Å². The van der Waals surface area contributed by atoms with Gasteiger partial charge in [0.15, 0.2) is 5.60 Å². The van der Waals surface area contributed by atoms with Crippen LogP contribution < -0.4 is 0 Å². The van der Waals surface area contributed by atoms with Crippen molar-refractivity contribution in [2.75, 3.05) is 33.3 Å². The number of aliphatic hydroxyl groups excluding tert-OH is 1. The second-order valence-corrected chi connectivity index (χ2v) is 15.8. The lowest BCUT2D eigenvalue weighted by Crippen LogP contribution is -2.66. The minimum Gasteiger partial charge on any atom is -0.444 e. The average Bonchev–Trinajstić information content (AvgIpc) is 2.98. The van der Waals surface area contributed by atoms with Crippen molar-refractivity contribution in [2.45, 2.75) is 81.0 Å². The van der Waals surface area contributed by atoms with Crippen LogP contribution in [0.3, 0.4) is 0 Å². The second kappa shape index (κ2) is 14.6. The Kier molecular flexibility index (Phi) is 11.5. The molecule has 1 N–H and O–H groups in total. The standard InChI is InChI=1S/C35H44Cl3N3O6/c1-33(2,3)46-31(44)40-21-26-20-27(25-14-12-24(13-15-25)17-19-42)29(30(43)39(6)18-16-23-10-8-7-9-11-23)28(22-40)41(26)32(45)47-34(4,5)35(36,37)38/h7-15,26,28,42H,16-22H2,1-6H3. The molecule has 9 nitrogen and oxygen atoms in total. The molecule has 2 aromatic rings. The maximum atomic E-state index is 14.5. The lowest BCUT2D eigenvalue weighted by molar-refractivity contribution is -0.127. The van der Waals surface area contributed by atoms with Gasteiger partial charge in [-0.3, -0.25) is 9.69 Å². The molecular weight excluding hydrogens is 665 g/mol. The zero-order chi connectivity index (χ0) is 34.7. The third-order valence-electron chi connectivity index (χ3n) is 8.40. The molecule has 4 rings (SSSR count). The highest BCUT2D eigenvalue weighted by atomic mass is 35.6. The third-order valence-corrected chi connectivity index (χ3v) is 9.76. The fraction of sp³-hybridized carbons (Fsp3) is 0.514. The molecule has 2 aliphatic rings. The predicted octanol–water partition coefficient (Wildman–Crippen LogP) is 6.66. The normalized spacial score (nSPS) is 18.6. The number of carbonyl (C=O) groups excluding carboxylic acids is 3. The summed E-state index contributed by atoms with van der Waals surface area (Å²) >= 11 is 18.5. The lowest BCUT2D eigenvalue weighted by Gasteiger charge is -2.51. The van der Waals surface area contributed by atoms with Crippen molar-refractivity contribution < 1.29 is 29.0 Å². The molecule has 1 fully saturated rings. The molecular formula is C35H44Cl3N3O6. The molecule has 2 aliphatic heterocycles. The highest BCUT2D eigenvalue weighted by Gasteiger charge is 2.52. The maximum Gasteiger partial charge on any atom is 0.411 e. The van der Waals surface area contributed by atoms with Crippen LogP contribution in [0.25, 0.3) is 5.57 Å². The first-order valence-corrected chi connectivity index (χ1v) is 16.8. The number of fused-ring (bicyclic) bond motifs is 2. The fourth-order valence-corrected chi connectivity index (χ4v) is 5.90. The molecule has 0 saturated carbocycles. The average molecular weight is 709 g/mol. The molecule has 2 bridgehead atoms. The lowest BCUT2D eigenvalue weighted by atomic mass is 9.81. The van der Waals surface area contributed by atoms with Crippen LogP contribution in [-0.2, 0) is 27.1 Å². The summed E-state index contributed by atoms with van der Waals surface area (Å²) in [5.41, 5.74) is 1.76. The Bertz CT molecular complexity index is 1470. The van der Waals surface area contributed by atoms with Crippen molar-refractivity contribution in [3.63, 3.8) is 0 Å². The molecule has 12 heteroatoms. The van der Waals surface area contributed by atoms with E-state index in [9.17, 15) is 19.5 Å². The Morgan fingerprint density at radius 3 is 2.06 bits per heavy atom. The Balaban J connectivity index is 1.80. The van der Waals surface area contributed by atoms with Gasteiger partial charge in [-0.15, -0.1) is 0 Å². The van der Waals surface area contributed by atoms with Crippen molar-refractivity contribution in [2.24, 2.45) is 0 Å². The van der Waals surface area contributed by atoms with Crippen LogP contribution >= 0.6 is 34.8 Å². The Morgan fingerprint density at radius 2 is 1.49 bits per heavy atom. The van der Waals surface area contributed by atoms with Crippen LogP contribution in [0.4, 0.5) is 9.59 Å². The minimum atomic E-state index is -1.93. The van der Waals surface area contributed by atoms with Gasteiger partial charge in [-0.2, -0.15) is 0 Å². The second-order valence-electron chi connectivity index (χ2n) is 13.6. The van der Waals surface area contributed by atoms with Crippen LogP contribution in [0.2, 0.25) is 0 Å². The van der Waals surface area contributed by atoms with E-state index in [-0.39, 0.29) is 32.0 Å². The number of carbonyl (C=O) groups is 3. The number of nitrogens with zero attached hydrogens (tertiary/aromatic N) is 3. The first kappa shape index (κ1) is 36.8. The minimum absolute atomic E-state index is 0.00555. The SMILES string of the molecule is CN(CCc1ccccc1)C(=O)C1=C(c2ccc(CCO)cc2)CC2CN(C(=O)OC(C)(C)C)CC1N2C(=O)OC(C)(C)C(Cl)(Cl)Cl. The molecule has 2 aromatic carbocycles. The summed E-state index contributed by atoms with van der Waals surface area (Å²) < 4.78 is 9.60. The molecule has 0 aromatic heterocycles. The zero-order valence-corrected chi connectivity index (χ0v) is 30.0. The molecule has 0 radical (unpaired) electrons. The zero-order valence-electron chi connectivity index (χ0n) is 27.8. The Morgan fingerprint density at radius 1 is 0.872 bits per heavy atom. The van der Waals surface area contributed by atoms with Gasteiger partial charge in [0, 0.05) is 38.9 Å². The van der Waals surface area contributed by atoms with Gasteiger partial charge in [0.25, 0.3) is 5.91 Å². The number of ether oxygens (including phenoxy) is 2.